The number of rotatable bonds is 2. The van der Waals surface area contributed by atoms with Crippen molar-refractivity contribution < 1.29 is 4.79 Å². The van der Waals surface area contributed by atoms with Crippen LogP contribution < -0.4 is 5.73 Å². The molecule has 3 aromatic rings. The van der Waals surface area contributed by atoms with E-state index in [0.29, 0.717) is 16.8 Å². The number of fused-ring (bicyclic) bond motifs is 1. The lowest BCUT2D eigenvalue weighted by Gasteiger charge is -2.11. The predicted molar refractivity (Wildman–Crippen MR) is 87.7 cm³/mol. The van der Waals surface area contributed by atoms with Gasteiger partial charge in [-0.15, -0.1) is 0 Å². The molecule has 0 aliphatic rings. The normalized spacial score (nSPS) is 10.8. The van der Waals surface area contributed by atoms with E-state index in [4.69, 9.17) is 5.73 Å². The topological polar surface area (TPSA) is 43.1 Å². The summed E-state index contributed by atoms with van der Waals surface area (Å²) in [6.07, 6.45) is 0. The molecule has 0 amide bonds. The van der Waals surface area contributed by atoms with E-state index >= 15 is 0 Å². The quantitative estimate of drug-likeness (QED) is 0.560. The highest BCUT2D eigenvalue weighted by atomic mass is 16.1. The molecular weight excluding hydrogens is 258 g/mol. The van der Waals surface area contributed by atoms with Crippen molar-refractivity contribution in [2.45, 2.75) is 13.8 Å². The van der Waals surface area contributed by atoms with Crippen LogP contribution in [0.5, 0.6) is 0 Å². The average molecular weight is 275 g/mol. The number of hydrogen-bond donors (Lipinski definition) is 1. The Hall–Kier alpha value is -2.61. The van der Waals surface area contributed by atoms with Crippen LogP contribution in [0.4, 0.5) is 5.69 Å². The molecule has 0 saturated heterocycles. The monoisotopic (exact) mass is 275 g/mol. The molecule has 0 bridgehead atoms. The molecule has 3 aromatic carbocycles. The fourth-order valence-corrected chi connectivity index (χ4v) is 2.78. The summed E-state index contributed by atoms with van der Waals surface area (Å²) in [4.78, 5) is 12.9. The van der Waals surface area contributed by atoms with Gasteiger partial charge in [0.1, 0.15) is 0 Å². The molecular formula is C19H17NO. The van der Waals surface area contributed by atoms with Crippen LogP contribution >= 0.6 is 0 Å². The molecule has 2 N–H and O–H groups in total. The summed E-state index contributed by atoms with van der Waals surface area (Å²) in [6, 6.07) is 17.4. The van der Waals surface area contributed by atoms with Crippen LogP contribution in [-0.4, -0.2) is 5.78 Å². The number of carbonyl (C=O) groups excluding carboxylic acids is 1. The van der Waals surface area contributed by atoms with Crippen molar-refractivity contribution in [1.82, 2.24) is 0 Å². The van der Waals surface area contributed by atoms with E-state index in [1.54, 1.807) is 6.07 Å². The Bertz CT molecular complexity index is 829. The number of benzene rings is 3. The van der Waals surface area contributed by atoms with Gasteiger partial charge in [0.2, 0.25) is 0 Å². The highest BCUT2D eigenvalue weighted by Gasteiger charge is 2.17. The standard InChI is InChI=1S/C19H17NO/c1-12-10-11-16(15-8-4-3-7-14(12)15)19(21)18-13(2)6-5-9-17(18)20/h3-11H,20H2,1-2H3. The Morgan fingerprint density at radius 3 is 2.24 bits per heavy atom. The Kier molecular flexibility index (Phi) is 3.22. The SMILES string of the molecule is Cc1cccc(N)c1C(=O)c1ccc(C)c2ccccc12. The summed E-state index contributed by atoms with van der Waals surface area (Å²) in [7, 11) is 0. The third kappa shape index (κ3) is 2.19. The second-order valence-electron chi connectivity index (χ2n) is 5.34. The van der Waals surface area contributed by atoms with Gasteiger partial charge >= 0.3 is 0 Å². The Morgan fingerprint density at radius 2 is 1.52 bits per heavy atom. The number of nitrogens with two attached hydrogens (primary N) is 1. The molecule has 0 radical (unpaired) electrons. The smallest absolute Gasteiger partial charge is 0.195 e. The minimum absolute atomic E-state index is 0.0122. The van der Waals surface area contributed by atoms with E-state index in [9.17, 15) is 4.79 Å². The molecule has 0 spiro atoms. The number of hydrogen-bond acceptors (Lipinski definition) is 2. The van der Waals surface area contributed by atoms with E-state index < -0.39 is 0 Å². The first kappa shape index (κ1) is 13.4. The Morgan fingerprint density at radius 1 is 0.810 bits per heavy atom. The van der Waals surface area contributed by atoms with Gasteiger partial charge in [-0.05, 0) is 41.8 Å². The van der Waals surface area contributed by atoms with Gasteiger partial charge in [-0.25, -0.2) is 0 Å². The summed E-state index contributed by atoms with van der Waals surface area (Å²) in [5, 5.41) is 2.08. The zero-order valence-electron chi connectivity index (χ0n) is 12.2. The van der Waals surface area contributed by atoms with Gasteiger partial charge in [0.15, 0.2) is 5.78 Å². The molecule has 0 unspecified atom stereocenters. The molecule has 0 heterocycles. The van der Waals surface area contributed by atoms with Crippen LogP contribution in [-0.2, 0) is 0 Å². The molecule has 21 heavy (non-hydrogen) atoms. The molecule has 104 valence electrons. The summed E-state index contributed by atoms with van der Waals surface area (Å²) in [6.45, 7) is 3.97. The maximum absolute atomic E-state index is 12.9. The third-order valence-corrected chi connectivity index (χ3v) is 3.92. The van der Waals surface area contributed by atoms with E-state index in [-0.39, 0.29) is 5.78 Å². The van der Waals surface area contributed by atoms with Crippen molar-refractivity contribution in [3.8, 4) is 0 Å². The molecule has 0 aliphatic heterocycles. The maximum atomic E-state index is 12.9. The summed E-state index contributed by atoms with van der Waals surface area (Å²) >= 11 is 0. The zero-order valence-corrected chi connectivity index (χ0v) is 12.2. The van der Waals surface area contributed by atoms with E-state index in [1.165, 1.54) is 5.56 Å². The van der Waals surface area contributed by atoms with Gasteiger partial charge in [0, 0.05) is 16.8 Å². The fraction of sp³-hybridized carbons (Fsp3) is 0.105. The zero-order chi connectivity index (χ0) is 15.0. The van der Waals surface area contributed by atoms with Gasteiger partial charge in [-0.1, -0.05) is 48.5 Å². The van der Waals surface area contributed by atoms with Crippen molar-refractivity contribution in [2.75, 3.05) is 5.73 Å². The van der Waals surface area contributed by atoms with Crippen molar-refractivity contribution >= 4 is 22.2 Å². The van der Waals surface area contributed by atoms with Crippen LogP contribution in [0.25, 0.3) is 10.8 Å². The van der Waals surface area contributed by atoms with Crippen LogP contribution in [0, 0.1) is 13.8 Å². The molecule has 0 saturated carbocycles. The first-order chi connectivity index (χ1) is 10.1. The lowest BCUT2D eigenvalue weighted by molar-refractivity contribution is 0.104. The highest BCUT2D eigenvalue weighted by Crippen LogP contribution is 2.27. The average Bonchev–Trinajstić information content (AvgIpc) is 2.47. The fourth-order valence-electron chi connectivity index (χ4n) is 2.78. The molecule has 0 atom stereocenters. The second-order valence-corrected chi connectivity index (χ2v) is 5.34. The lowest BCUT2D eigenvalue weighted by Crippen LogP contribution is -2.08. The van der Waals surface area contributed by atoms with Crippen molar-refractivity contribution in [2.24, 2.45) is 0 Å². The molecule has 2 heteroatoms. The van der Waals surface area contributed by atoms with Crippen LogP contribution in [0.15, 0.2) is 54.6 Å². The number of carbonyl (C=O) groups is 1. The van der Waals surface area contributed by atoms with Crippen molar-refractivity contribution in [1.29, 1.82) is 0 Å². The van der Waals surface area contributed by atoms with Crippen molar-refractivity contribution in [3.05, 3.63) is 76.9 Å². The minimum Gasteiger partial charge on any atom is -0.398 e. The molecule has 0 aromatic heterocycles. The summed E-state index contributed by atoms with van der Waals surface area (Å²) < 4.78 is 0. The third-order valence-electron chi connectivity index (χ3n) is 3.92. The maximum Gasteiger partial charge on any atom is 0.195 e. The molecule has 0 fully saturated rings. The highest BCUT2D eigenvalue weighted by molar-refractivity contribution is 6.19. The van der Waals surface area contributed by atoms with Crippen LogP contribution in [0.1, 0.15) is 27.0 Å². The lowest BCUT2D eigenvalue weighted by atomic mass is 9.92. The molecule has 2 nitrogen and oxygen atoms in total. The van der Waals surface area contributed by atoms with Crippen LogP contribution in [0.2, 0.25) is 0 Å². The van der Waals surface area contributed by atoms with Gasteiger partial charge in [-0.2, -0.15) is 0 Å². The number of nitrogen functional groups attached to an aromatic ring is 1. The van der Waals surface area contributed by atoms with Crippen molar-refractivity contribution in [3.63, 3.8) is 0 Å². The Labute approximate surface area is 124 Å². The Balaban J connectivity index is 2.26. The number of aryl methyl sites for hydroxylation is 2. The van der Waals surface area contributed by atoms with Crippen LogP contribution in [0.3, 0.4) is 0 Å². The predicted octanol–water partition coefficient (Wildman–Crippen LogP) is 4.27. The first-order valence-electron chi connectivity index (χ1n) is 6.97. The number of ketones is 1. The van der Waals surface area contributed by atoms with Gasteiger partial charge in [0.05, 0.1) is 0 Å². The minimum atomic E-state index is -0.0122. The first-order valence-corrected chi connectivity index (χ1v) is 6.97. The molecule has 0 aliphatic carbocycles. The van der Waals surface area contributed by atoms with Gasteiger partial charge in [0.25, 0.3) is 0 Å². The molecule has 3 rings (SSSR count). The van der Waals surface area contributed by atoms with E-state index in [0.717, 1.165) is 16.3 Å². The van der Waals surface area contributed by atoms with Gasteiger partial charge < -0.3 is 5.73 Å². The van der Waals surface area contributed by atoms with E-state index in [2.05, 4.69) is 6.92 Å². The number of anilines is 1. The summed E-state index contributed by atoms with van der Waals surface area (Å²) in [5.41, 5.74) is 9.93. The summed E-state index contributed by atoms with van der Waals surface area (Å²) in [5.74, 6) is -0.0122. The second kappa shape index (κ2) is 5.06. The van der Waals surface area contributed by atoms with Gasteiger partial charge in [-0.3, -0.25) is 4.79 Å². The largest absolute Gasteiger partial charge is 0.398 e. The van der Waals surface area contributed by atoms with E-state index in [1.807, 2.05) is 55.5 Å².